The number of carbonyl (C=O) groups excluding carboxylic acids is 1. The second kappa shape index (κ2) is 4.42. The molecule has 76 valence electrons. The lowest BCUT2D eigenvalue weighted by Crippen LogP contribution is -2.24. The second-order valence-electron chi connectivity index (χ2n) is 3.66. The Morgan fingerprint density at radius 3 is 2.86 bits per heavy atom. The van der Waals surface area contributed by atoms with E-state index >= 15 is 0 Å². The van der Waals surface area contributed by atoms with Gasteiger partial charge < -0.3 is 9.15 Å². The fourth-order valence-corrected chi connectivity index (χ4v) is 1.76. The molecular weight excluding hydrogens is 180 g/mol. The number of furan rings is 1. The van der Waals surface area contributed by atoms with Gasteiger partial charge in [0, 0.05) is 25.6 Å². The second-order valence-corrected chi connectivity index (χ2v) is 3.66. The quantitative estimate of drug-likeness (QED) is 0.736. The molecule has 1 aromatic heterocycles. The van der Waals surface area contributed by atoms with Crippen LogP contribution in [0.3, 0.4) is 0 Å². The first-order valence-electron chi connectivity index (χ1n) is 4.98. The summed E-state index contributed by atoms with van der Waals surface area (Å²) in [5, 5.41) is 0. The molecule has 0 bridgehead atoms. The first-order valence-corrected chi connectivity index (χ1v) is 4.98. The third-order valence-electron chi connectivity index (χ3n) is 2.64. The van der Waals surface area contributed by atoms with Crippen LogP contribution >= 0.6 is 0 Å². The van der Waals surface area contributed by atoms with Crippen LogP contribution < -0.4 is 0 Å². The van der Waals surface area contributed by atoms with Gasteiger partial charge in [-0.3, -0.25) is 4.79 Å². The molecule has 0 aliphatic carbocycles. The van der Waals surface area contributed by atoms with Crippen LogP contribution in [0.5, 0.6) is 0 Å². The summed E-state index contributed by atoms with van der Waals surface area (Å²) in [6, 6.07) is 1.84. The van der Waals surface area contributed by atoms with E-state index in [4.69, 9.17) is 9.15 Å². The molecule has 2 rings (SSSR count). The predicted octanol–water partition coefficient (Wildman–Crippen LogP) is 1.82. The molecule has 0 N–H and O–H groups in total. The Morgan fingerprint density at radius 2 is 2.21 bits per heavy atom. The molecule has 3 heteroatoms. The van der Waals surface area contributed by atoms with Gasteiger partial charge in [-0.05, 0) is 24.5 Å². The summed E-state index contributed by atoms with van der Waals surface area (Å²) in [7, 11) is 0. The Labute approximate surface area is 83.0 Å². The van der Waals surface area contributed by atoms with Gasteiger partial charge >= 0.3 is 0 Å². The molecule has 1 aliphatic rings. The lowest BCUT2D eigenvalue weighted by atomic mass is 9.92. The Balaban J connectivity index is 1.88. The van der Waals surface area contributed by atoms with Crippen LogP contribution in [0.4, 0.5) is 0 Å². The lowest BCUT2D eigenvalue weighted by molar-refractivity contribution is -0.125. The van der Waals surface area contributed by atoms with Crippen LogP contribution in [0.25, 0.3) is 0 Å². The molecule has 0 amide bonds. The maximum Gasteiger partial charge on any atom is 0.140 e. The van der Waals surface area contributed by atoms with Gasteiger partial charge in [-0.1, -0.05) is 0 Å². The monoisotopic (exact) mass is 194 g/mol. The average Bonchev–Trinajstić information content (AvgIpc) is 2.72. The van der Waals surface area contributed by atoms with Crippen molar-refractivity contribution in [1.82, 2.24) is 0 Å². The summed E-state index contributed by atoms with van der Waals surface area (Å²) in [4.78, 5) is 11.8. The largest absolute Gasteiger partial charge is 0.472 e. The highest BCUT2D eigenvalue weighted by molar-refractivity contribution is 5.83. The van der Waals surface area contributed by atoms with E-state index in [-0.39, 0.29) is 5.92 Å². The zero-order chi connectivity index (χ0) is 9.80. The van der Waals surface area contributed by atoms with E-state index in [0.717, 1.165) is 31.6 Å². The van der Waals surface area contributed by atoms with E-state index in [1.54, 1.807) is 12.5 Å². The molecule has 1 aromatic rings. The molecule has 14 heavy (non-hydrogen) atoms. The summed E-state index contributed by atoms with van der Waals surface area (Å²) < 4.78 is 10.1. The van der Waals surface area contributed by atoms with Crippen molar-refractivity contribution in [2.45, 2.75) is 19.3 Å². The number of rotatable bonds is 3. The number of carbonyl (C=O) groups is 1. The zero-order valence-electron chi connectivity index (χ0n) is 8.07. The summed E-state index contributed by atoms with van der Waals surface area (Å²) in [5.74, 6) is 0.508. The van der Waals surface area contributed by atoms with Crippen LogP contribution in [0, 0.1) is 5.92 Å². The third kappa shape index (κ3) is 2.23. The summed E-state index contributed by atoms with van der Waals surface area (Å²) >= 11 is 0. The van der Waals surface area contributed by atoms with Crippen molar-refractivity contribution in [3.05, 3.63) is 24.2 Å². The first kappa shape index (κ1) is 9.46. The number of hydrogen-bond donors (Lipinski definition) is 0. The molecular formula is C11H14O3. The summed E-state index contributed by atoms with van der Waals surface area (Å²) in [6.45, 7) is 1.45. The standard InChI is InChI=1S/C11H14O3/c12-11(7-9-1-4-14-8-9)10-2-5-13-6-3-10/h1,4,8,10H,2-3,5-7H2. The minimum absolute atomic E-state index is 0.193. The van der Waals surface area contributed by atoms with E-state index in [0.29, 0.717) is 12.2 Å². The van der Waals surface area contributed by atoms with E-state index in [9.17, 15) is 4.79 Å². The minimum atomic E-state index is 0.193. The van der Waals surface area contributed by atoms with Gasteiger partial charge in [-0.15, -0.1) is 0 Å². The maximum atomic E-state index is 11.8. The van der Waals surface area contributed by atoms with E-state index in [1.165, 1.54) is 0 Å². The van der Waals surface area contributed by atoms with Gasteiger partial charge in [0.15, 0.2) is 0 Å². The molecule has 0 unspecified atom stereocenters. The molecule has 0 aromatic carbocycles. The highest BCUT2D eigenvalue weighted by atomic mass is 16.5. The third-order valence-corrected chi connectivity index (χ3v) is 2.64. The highest BCUT2D eigenvalue weighted by Gasteiger charge is 2.21. The molecule has 0 radical (unpaired) electrons. The SMILES string of the molecule is O=C(Cc1ccoc1)C1CCOCC1. The molecule has 0 spiro atoms. The van der Waals surface area contributed by atoms with Gasteiger partial charge in [0.1, 0.15) is 5.78 Å². The fourth-order valence-electron chi connectivity index (χ4n) is 1.76. The van der Waals surface area contributed by atoms with Crippen LogP contribution in [0.15, 0.2) is 23.0 Å². The Bertz CT molecular complexity index is 283. The van der Waals surface area contributed by atoms with Crippen LogP contribution in [0.1, 0.15) is 18.4 Å². The predicted molar refractivity (Wildman–Crippen MR) is 51.0 cm³/mol. The van der Waals surface area contributed by atoms with Crippen molar-refractivity contribution >= 4 is 5.78 Å². The van der Waals surface area contributed by atoms with Crippen LogP contribution in [-0.2, 0) is 16.0 Å². The average molecular weight is 194 g/mol. The van der Waals surface area contributed by atoms with Gasteiger partial charge in [-0.2, -0.15) is 0 Å². The lowest BCUT2D eigenvalue weighted by Gasteiger charge is -2.20. The van der Waals surface area contributed by atoms with Crippen molar-refractivity contribution in [3.63, 3.8) is 0 Å². The van der Waals surface area contributed by atoms with E-state index in [1.807, 2.05) is 6.07 Å². The Kier molecular flexibility index (Phi) is 2.99. The number of hydrogen-bond acceptors (Lipinski definition) is 3. The molecule has 0 saturated carbocycles. The van der Waals surface area contributed by atoms with E-state index in [2.05, 4.69) is 0 Å². The molecule has 1 aliphatic heterocycles. The van der Waals surface area contributed by atoms with Crippen molar-refractivity contribution in [2.24, 2.45) is 5.92 Å². The number of ether oxygens (including phenoxy) is 1. The fraction of sp³-hybridized carbons (Fsp3) is 0.545. The highest BCUT2D eigenvalue weighted by Crippen LogP contribution is 2.17. The van der Waals surface area contributed by atoms with E-state index < -0.39 is 0 Å². The minimum Gasteiger partial charge on any atom is -0.472 e. The van der Waals surface area contributed by atoms with Gasteiger partial charge in [-0.25, -0.2) is 0 Å². The zero-order valence-corrected chi connectivity index (χ0v) is 8.07. The van der Waals surface area contributed by atoms with Crippen LogP contribution in [-0.4, -0.2) is 19.0 Å². The molecule has 3 nitrogen and oxygen atoms in total. The topological polar surface area (TPSA) is 39.4 Å². The maximum absolute atomic E-state index is 11.8. The Hall–Kier alpha value is -1.09. The van der Waals surface area contributed by atoms with Crippen molar-refractivity contribution in [1.29, 1.82) is 0 Å². The Morgan fingerprint density at radius 1 is 1.43 bits per heavy atom. The summed E-state index contributed by atoms with van der Waals surface area (Å²) in [5.41, 5.74) is 0.974. The molecule has 2 heterocycles. The van der Waals surface area contributed by atoms with Gasteiger partial charge in [0.05, 0.1) is 12.5 Å². The smallest absolute Gasteiger partial charge is 0.140 e. The number of ketones is 1. The van der Waals surface area contributed by atoms with Gasteiger partial charge in [0.25, 0.3) is 0 Å². The normalized spacial score (nSPS) is 18.3. The number of Topliss-reactive ketones (excluding diaryl/α,β-unsaturated/α-hetero) is 1. The van der Waals surface area contributed by atoms with Crippen LogP contribution in [0.2, 0.25) is 0 Å². The molecule has 1 fully saturated rings. The molecule has 1 saturated heterocycles. The van der Waals surface area contributed by atoms with Crippen molar-refractivity contribution in [3.8, 4) is 0 Å². The van der Waals surface area contributed by atoms with Crippen molar-refractivity contribution < 1.29 is 13.9 Å². The first-order chi connectivity index (χ1) is 6.86. The molecule has 0 atom stereocenters. The van der Waals surface area contributed by atoms with Crippen molar-refractivity contribution in [2.75, 3.05) is 13.2 Å². The van der Waals surface area contributed by atoms with Gasteiger partial charge in [0.2, 0.25) is 0 Å². The summed E-state index contributed by atoms with van der Waals surface area (Å²) in [6.07, 6.45) is 5.48.